The number of para-hydroxylation sites is 1. The highest BCUT2D eigenvalue weighted by molar-refractivity contribution is 7.89. The first-order chi connectivity index (χ1) is 13.3. The Morgan fingerprint density at radius 2 is 1.89 bits per heavy atom. The molecule has 0 aliphatic carbocycles. The molecule has 1 amide bonds. The molecule has 2 heterocycles. The van der Waals surface area contributed by atoms with Crippen LogP contribution in [0, 0.1) is 5.92 Å². The number of benzene rings is 1. The molecule has 1 aromatic carbocycles. The Balaban J connectivity index is 2.16. The molecule has 28 heavy (non-hydrogen) atoms. The van der Waals surface area contributed by atoms with Gasteiger partial charge in [-0.3, -0.25) is 9.36 Å². The zero-order valence-corrected chi connectivity index (χ0v) is 17.7. The average Bonchev–Trinajstić information content (AvgIpc) is 3.05. The van der Waals surface area contributed by atoms with Crippen LogP contribution in [0.4, 0.5) is 0 Å². The van der Waals surface area contributed by atoms with Crippen LogP contribution in [0.25, 0.3) is 5.69 Å². The van der Waals surface area contributed by atoms with Crippen molar-refractivity contribution < 1.29 is 13.2 Å². The molecule has 0 atom stereocenters. The number of fused-ring (bicyclic) bond motifs is 3. The molecule has 3 rings (SSSR count). The van der Waals surface area contributed by atoms with Gasteiger partial charge < -0.3 is 4.90 Å². The summed E-state index contributed by atoms with van der Waals surface area (Å²) >= 11 is 0. The summed E-state index contributed by atoms with van der Waals surface area (Å²) in [6, 6.07) is 6.90. The third-order valence-corrected chi connectivity index (χ3v) is 7.04. The summed E-state index contributed by atoms with van der Waals surface area (Å²) in [5.74, 6) is 0.203. The van der Waals surface area contributed by atoms with Crippen molar-refractivity contribution in [2.75, 3.05) is 19.6 Å². The van der Waals surface area contributed by atoms with Gasteiger partial charge in [0.25, 0.3) is 5.91 Å². The highest BCUT2D eigenvalue weighted by atomic mass is 32.2. The first kappa shape index (κ1) is 20.5. The summed E-state index contributed by atoms with van der Waals surface area (Å²) in [6.07, 6.45) is 2.31. The van der Waals surface area contributed by atoms with Gasteiger partial charge in [-0.1, -0.05) is 26.0 Å². The Hall–Kier alpha value is -2.19. The molecule has 0 bridgehead atoms. The lowest BCUT2D eigenvalue weighted by molar-refractivity contribution is 0.0765. The van der Waals surface area contributed by atoms with E-state index in [9.17, 15) is 13.2 Å². The zero-order valence-electron chi connectivity index (χ0n) is 16.9. The number of rotatable bonds is 6. The third kappa shape index (κ3) is 3.58. The second kappa shape index (κ2) is 8.05. The Kier molecular flexibility index (Phi) is 5.90. The van der Waals surface area contributed by atoms with Crippen LogP contribution in [0.15, 0.2) is 35.5 Å². The molecular weight excluding hydrogens is 376 g/mol. The number of carbonyl (C=O) groups excluding carboxylic acids is 1. The van der Waals surface area contributed by atoms with Gasteiger partial charge in [-0.25, -0.2) is 13.4 Å². The van der Waals surface area contributed by atoms with E-state index in [4.69, 9.17) is 0 Å². The minimum absolute atomic E-state index is 0.131. The van der Waals surface area contributed by atoms with Crippen molar-refractivity contribution in [2.45, 2.75) is 45.6 Å². The van der Waals surface area contributed by atoms with E-state index in [1.165, 1.54) is 4.31 Å². The van der Waals surface area contributed by atoms with Gasteiger partial charge in [-0.2, -0.15) is 4.31 Å². The quantitative estimate of drug-likeness (QED) is 0.742. The van der Waals surface area contributed by atoms with Crippen LogP contribution in [0.3, 0.4) is 0 Å². The molecule has 152 valence electrons. The number of sulfonamides is 1. The highest BCUT2D eigenvalue weighted by Gasteiger charge is 2.35. The molecule has 0 saturated carbocycles. The van der Waals surface area contributed by atoms with Gasteiger partial charge in [-0.05, 0) is 38.3 Å². The van der Waals surface area contributed by atoms with Gasteiger partial charge in [0.1, 0.15) is 11.2 Å². The summed E-state index contributed by atoms with van der Waals surface area (Å²) in [7, 11) is -3.67. The van der Waals surface area contributed by atoms with Crippen LogP contribution in [0.5, 0.6) is 0 Å². The van der Waals surface area contributed by atoms with Crippen LogP contribution >= 0.6 is 0 Å². The zero-order chi connectivity index (χ0) is 20.5. The van der Waals surface area contributed by atoms with E-state index < -0.39 is 10.0 Å². The van der Waals surface area contributed by atoms with Crippen molar-refractivity contribution in [2.24, 2.45) is 5.92 Å². The molecule has 2 aromatic rings. The standard InChI is InChI=1S/C20H28N4O3S/c1-5-22(6-2)20(25)19-17-13-23(12-11-15(3)4)28(26,27)18-10-8-7-9-16(18)24(17)14-21-19/h7-10,14-15H,5-6,11-13H2,1-4H3. The smallest absolute Gasteiger partial charge is 0.274 e. The van der Waals surface area contributed by atoms with Crippen LogP contribution in [-0.2, 0) is 16.6 Å². The van der Waals surface area contributed by atoms with Crippen LogP contribution in [0.2, 0.25) is 0 Å². The Morgan fingerprint density at radius 1 is 1.21 bits per heavy atom. The average molecular weight is 405 g/mol. The SMILES string of the molecule is CCN(CC)C(=O)c1ncn2c1CN(CCC(C)C)S(=O)(=O)c1ccccc1-2. The van der Waals surface area contributed by atoms with E-state index in [0.717, 1.165) is 6.42 Å². The van der Waals surface area contributed by atoms with Gasteiger partial charge in [0.2, 0.25) is 10.0 Å². The Bertz CT molecular complexity index is 962. The number of imidazole rings is 1. The summed E-state index contributed by atoms with van der Waals surface area (Å²) in [5, 5.41) is 0. The largest absolute Gasteiger partial charge is 0.338 e. The monoisotopic (exact) mass is 404 g/mol. The van der Waals surface area contributed by atoms with E-state index in [1.807, 2.05) is 13.8 Å². The third-order valence-electron chi connectivity index (χ3n) is 5.14. The molecule has 0 N–H and O–H groups in total. The number of amides is 1. The van der Waals surface area contributed by atoms with Crippen molar-refractivity contribution >= 4 is 15.9 Å². The van der Waals surface area contributed by atoms with E-state index in [0.29, 0.717) is 42.6 Å². The minimum Gasteiger partial charge on any atom is -0.338 e. The second-order valence-corrected chi connectivity index (χ2v) is 9.28. The topological polar surface area (TPSA) is 75.5 Å². The fourth-order valence-corrected chi connectivity index (χ4v) is 5.04. The normalized spacial score (nSPS) is 15.8. The number of aromatic nitrogens is 2. The molecule has 0 fully saturated rings. The number of hydrogen-bond donors (Lipinski definition) is 0. The molecule has 8 heteroatoms. The Morgan fingerprint density at radius 3 is 2.54 bits per heavy atom. The summed E-state index contributed by atoms with van der Waals surface area (Å²) in [5.41, 5.74) is 1.48. The van der Waals surface area contributed by atoms with Crippen LogP contribution < -0.4 is 0 Å². The second-order valence-electron chi connectivity index (χ2n) is 7.38. The molecular formula is C20H28N4O3S. The maximum atomic E-state index is 13.3. The van der Waals surface area contributed by atoms with Gasteiger partial charge in [0.05, 0.1) is 17.9 Å². The number of nitrogens with zero attached hydrogens (tertiary/aromatic N) is 4. The van der Waals surface area contributed by atoms with E-state index >= 15 is 0 Å². The van der Waals surface area contributed by atoms with E-state index in [1.54, 1.807) is 40.1 Å². The highest BCUT2D eigenvalue weighted by Crippen LogP contribution is 2.31. The predicted molar refractivity (Wildman–Crippen MR) is 108 cm³/mol. The summed E-state index contributed by atoms with van der Waals surface area (Å²) < 4.78 is 29.9. The fourth-order valence-electron chi connectivity index (χ4n) is 3.44. The van der Waals surface area contributed by atoms with Crippen molar-refractivity contribution in [1.82, 2.24) is 18.8 Å². The first-order valence-electron chi connectivity index (χ1n) is 9.76. The van der Waals surface area contributed by atoms with Crippen LogP contribution in [0.1, 0.15) is 50.3 Å². The van der Waals surface area contributed by atoms with Crippen molar-refractivity contribution in [3.05, 3.63) is 42.0 Å². The van der Waals surface area contributed by atoms with Gasteiger partial charge in [-0.15, -0.1) is 0 Å². The number of carbonyl (C=O) groups is 1. The molecule has 1 aliphatic heterocycles. The first-order valence-corrected chi connectivity index (χ1v) is 11.2. The lowest BCUT2D eigenvalue weighted by Gasteiger charge is -2.22. The van der Waals surface area contributed by atoms with Crippen molar-refractivity contribution in [1.29, 1.82) is 0 Å². The molecule has 0 radical (unpaired) electrons. The summed E-state index contributed by atoms with van der Waals surface area (Å²) in [4.78, 5) is 19.3. The molecule has 0 unspecified atom stereocenters. The molecule has 0 spiro atoms. The maximum absolute atomic E-state index is 13.3. The molecule has 1 aliphatic rings. The summed E-state index contributed by atoms with van der Waals surface area (Å²) in [6.45, 7) is 9.66. The van der Waals surface area contributed by atoms with Gasteiger partial charge >= 0.3 is 0 Å². The maximum Gasteiger partial charge on any atom is 0.274 e. The van der Waals surface area contributed by atoms with E-state index in [2.05, 4.69) is 18.8 Å². The lowest BCUT2D eigenvalue weighted by atomic mass is 10.1. The fraction of sp³-hybridized carbons (Fsp3) is 0.500. The molecule has 0 saturated heterocycles. The van der Waals surface area contributed by atoms with E-state index in [-0.39, 0.29) is 17.3 Å². The van der Waals surface area contributed by atoms with Crippen LogP contribution in [-0.4, -0.2) is 52.7 Å². The number of hydrogen-bond acceptors (Lipinski definition) is 4. The van der Waals surface area contributed by atoms with Gasteiger partial charge in [0.15, 0.2) is 5.69 Å². The minimum atomic E-state index is -3.67. The molecule has 7 nitrogen and oxygen atoms in total. The predicted octanol–water partition coefficient (Wildman–Crippen LogP) is 2.90. The van der Waals surface area contributed by atoms with Crippen molar-refractivity contribution in [3.63, 3.8) is 0 Å². The van der Waals surface area contributed by atoms with Crippen molar-refractivity contribution in [3.8, 4) is 5.69 Å². The molecule has 1 aromatic heterocycles. The Labute approximate surface area is 167 Å². The van der Waals surface area contributed by atoms with Gasteiger partial charge in [0, 0.05) is 19.6 Å². The lowest BCUT2D eigenvalue weighted by Crippen LogP contribution is -2.34.